The lowest BCUT2D eigenvalue weighted by Crippen LogP contribution is -2.46. The van der Waals surface area contributed by atoms with Crippen LogP contribution in [0, 0.1) is 5.41 Å². The highest BCUT2D eigenvalue weighted by Gasteiger charge is 2.38. The van der Waals surface area contributed by atoms with Gasteiger partial charge in [-0.3, -0.25) is 4.79 Å². The molecule has 1 aliphatic rings. The van der Waals surface area contributed by atoms with Crippen LogP contribution in [0.1, 0.15) is 26.2 Å². The van der Waals surface area contributed by atoms with Gasteiger partial charge in [0.2, 0.25) is 5.91 Å². The highest BCUT2D eigenvalue weighted by Crippen LogP contribution is 2.31. The summed E-state index contributed by atoms with van der Waals surface area (Å²) >= 11 is 0. The first kappa shape index (κ1) is 18.7. The van der Waals surface area contributed by atoms with Gasteiger partial charge in [-0.25, -0.2) is 0 Å². The SMILES string of the molecule is CCCOc1cccc(NC(=O)C2(CN)CCOCC2)c1.Cl. The molecule has 1 fully saturated rings. The van der Waals surface area contributed by atoms with Gasteiger partial charge in [-0.2, -0.15) is 0 Å². The van der Waals surface area contributed by atoms with Crippen LogP contribution in [0.2, 0.25) is 0 Å². The molecular weight excluding hydrogens is 304 g/mol. The van der Waals surface area contributed by atoms with Gasteiger partial charge in [-0.1, -0.05) is 13.0 Å². The van der Waals surface area contributed by atoms with Crippen LogP contribution in [0.3, 0.4) is 0 Å². The number of nitrogens with two attached hydrogens (primary N) is 1. The first-order valence-electron chi connectivity index (χ1n) is 7.52. The fraction of sp³-hybridized carbons (Fsp3) is 0.562. The number of amides is 1. The predicted molar refractivity (Wildman–Crippen MR) is 89.6 cm³/mol. The molecule has 0 atom stereocenters. The smallest absolute Gasteiger partial charge is 0.232 e. The highest BCUT2D eigenvalue weighted by atomic mass is 35.5. The van der Waals surface area contributed by atoms with Gasteiger partial charge in [-0.15, -0.1) is 12.4 Å². The Hall–Kier alpha value is -1.30. The van der Waals surface area contributed by atoms with E-state index in [4.69, 9.17) is 15.2 Å². The molecule has 1 saturated heterocycles. The van der Waals surface area contributed by atoms with Crippen molar-refractivity contribution < 1.29 is 14.3 Å². The Morgan fingerprint density at radius 3 is 2.77 bits per heavy atom. The third kappa shape index (κ3) is 4.60. The number of rotatable bonds is 6. The number of ether oxygens (including phenoxy) is 2. The summed E-state index contributed by atoms with van der Waals surface area (Å²) in [5, 5.41) is 2.97. The standard InChI is InChI=1S/C16H24N2O3.ClH/c1-2-8-21-14-5-3-4-13(11-14)18-15(19)16(12-17)6-9-20-10-7-16;/h3-5,11H,2,6-10,12,17H2,1H3,(H,18,19);1H. The molecule has 1 heterocycles. The summed E-state index contributed by atoms with van der Waals surface area (Å²) in [6, 6.07) is 7.47. The zero-order valence-corrected chi connectivity index (χ0v) is 13.8. The Kier molecular flexibility index (Phi) is 7.65. The normalized spacial score (nSPS) is 16.5. The average molecular weight is 329 g/mol. The van der Waals surface area contributed by atoms with Crippen LogP contribution in [-0.4, -0.2) is 32.3 Å². The quantitative estimate of drug-likeness (QED) is 0.841. The van der Waals surface area contributed by atoms with Crippen LogP contribution in [0.4, 0.5) is 5.69 Å². The van der Waals surface area contributed by atoms with Crippen molar-refractivity contribution in [3.63, 3.8) is 0 Å². The van der Waals surface area contributed by atoms with Crippen molar-refractivity contribution >= 4 is 24.0 Å². The van der Waals surface area contributed by atoms with Crippen molar-refractivity contribution in [2.45, 2.75) is 26.2 Å². The van der Waals surface area contributed by atoms with Crippen LogP contribution >= 0.6 is 12.4 Å². The minimum Gasteiger partial charge on any atom is -0.494 e. The van der Waals surface area contributed by atoms with Gasteiger partial charge in [0.15, 0.2) is 0 Å². The summed E-state index contributed by atoms with van der Waals surface area (Å²) in [5.41, 5.74) is 6.08. The molecule has 1 aliphatic heterocycles. The minimum atomic E-state index is -0.515. The Bertz CT molecular complexity index is 476. The Morgan fingerprint density at radius 2 is 2.14 bits per heavy atom. The van der Waals surface area contributed by atoms with Gasteiger partial charge in [0.25, 0.3) is 0 Å². The number of halogens is 1. The maximum Gasteiger partial charge on any atom is 0.232 e. The average Bonchev–Trinajstić information content (AvgIpc) is 2.54. The molecule has 1 aromatic carbocycles. The lowest BCUT2D eigenvalue weighted by Gasteiger charge is -2.34. The highest BCUT2D eigenvalue weighted by molar-refractivity contribution is 5.95. The predicted octanol–water partition coefficient (Wildman–Crippen LogP) is 2.59. The summed E-state index contributed by atoms with van der Waals surface area (Å²) in [7, 11) is 0. The van der Waals surface area contributed by atoms with Gasteiger partial charge in [0, 0.05) is 31.5 Å². The fourth-order valence-electron chi connectivity index (χ4n) is 2.43. The molecule has 0 aliphatic carbocycles. The molecule has 0 spiro atoms. The maximum absolute atomic E-state index is 12.6. The summed E-state index contributed by atoms with van der Waals surface area (Å²) in [4.78, 5) is 12.6. The second-order valence-corrected chi connectivity index (χ2v) is 5.43. The molecule has 1 amide bonds. The Morgan fingerprint density at radius 1 is 1.41 bits per heavy atom. The minimum absolute atomic E-state index is 0. The summed E-state index contributed by atoms with van der Waals surface area (Å²) < 4.78 is 10.9. The van der Waals surface area contributed by atoms with Crippen molar-refractivity contribution in [1.29, 1.82) is 0 Å². The van der Waals surface area contributed by atoms with E-state index >= 15 is 0 Å². The number of anilines is 1. The van der Waals surface area contributed by atoms with E-state index in [0.717, 1.165) is 17.9 Å². The van der Waals surface area contributed by atoms with E-state index in [0.29, 0.717) is 39.2 Å². The van der Waals surface area contributed by atoms with Gasteiger partial charge >= 0.3 is 0 Å². The molecule has 3 N–H and O–H groups in total. The molecule has 0 unspecified atom stereocenters. The third-order valence-electron chi connectivity index (χ3n) is 3.89. The van der Waals surface area contributed by atoms with E-state index in [2.05, 4.69) is 12.2 Å². The van der Waals surface area contributed by atoms with E-state index in [1.807, 2.05) is 24.3 Å². The van der Waals surface area contributed by atoms with Crippen LogP contribution in [-0.2, 0) is 9.53 Å². The van der Waals surface area contributed by atoms with E-state index in [-0.39, 0.29) is 18.3 Å². The molecular formula is C16H25ClN2O3. The lowest BCUT2D eigenvalue weighted by molar-refractivity contribution is -0.130. The molecule has 5 nitrogen and oxygen atoms in total. The number of hydrogen-bond donors (Lipinski definition) is 2. The number of benzene rings is 1. The first-order valence-corrected chi connectivity index (χ1v) is 7.52. The Labute approximate surface area is 138 Å². The first-order chi connectivity index (χ1) is 10.2. The van der Waals surface area contributed by atoms with E-state index in [1.54, 1.807) is 0 Å². The van der Waals surface area contributed by atoms with Crippen molar-refractivity contribution in [3.05, 3.63) is 24.3 Å². The van der Waals surface area contributed by atoms with E-state index in [9.17, 15) is 4.79 Å². The van der Waals surface area contributed by atoms with Gasteiger partial charge < -0.3 is 20.5 Å². The topological polar surface area (TPSA) is 73.6 Å². The van der Waals surface area contributed by atoms with Crippen LogP contribution < -0.4 is 15.8 Å². The maximum atomic E-state index is 12.6. The number of carbonyl (C=O) groups excluding carboxylic acids is 1. The second kappa shape index (κ2) is 8.98. The number of carbonyl (C=O) groups is 1. The zero-order valence-electron chi connectivity index (χ0n) is 13.0. The Balaban J connectivity index is 0.00000242. The molecule has 6 heteroatoms. The van der Waals surface area contributed by atoms with Crippen molar-refractivity contribution in [1.82, 2.24) is 0 Å². The van der Waals surface area contributed by atoms with Crippen LogP contribution in [0.15, 0.2) is 24.3 Å². The number of hydrogen-bond acceptors (Lipinski definition) is 4. The molecule has 0 bridgehead atoms. The fourth-order valence-corrected chi connectivity index (χ4v) is 2.43. The molecule has 1 aromatic rings. The van der Waals surface area contributed by atoms with Crippen molar-refractivity contribution in [3.8, 4) is 5.75 Å². The molecule has 124 valence electrons. The molecule has 0 aromatic heterocycles. The summed E-state index contributed by atoms with van der Waals surface area (Å²) in [6.45, 7) is 4.24. The van der Waals surface area contributed by atoms with Crippen LogP contribution in [0.5, 0.6) is 5.75 Å². The van der Waals surface area contributed by atoms with E-state index in [1.165, 1.54) is 0 Å². The molecule has 0 saturated carbocycles. The van der Waals surface area contributed by atoms with Gasteiger partial charge in [0.1, 0.15) is 5.75 Å². The van der Waals surface area contributed by atoms with Crippen LogP contribution in [0.25, 0.3) is 0 Å². The van der Waals surface area contributed by atoms with Gasteiger partial charge in [0.05, 0.1) is 12.0 Å². The molecule has 2 rings (SSSR count). The monoisotopic (exact) mass is 328 g/mol. The molecule has 22 heavy (non-hydrogen) atoms. The largest absolute Gasteiger partial charge is 0.494 e. The van der Waals surface area contributed by atoms with E-state index < -0.39 is 5.41 Å². The second-order valence-electron chi connectivity index (χ2n) is 5.43. The zero-order chi connectivity index (χ0) is 15.1. The summed E-state index contributed by atoms with van der Waals surface area (Å²) in [5.74, 6) is 0.740. The summed E-state index contributed by atoms with van der Waals surface area (Å²) in [6.07, 6.45) is 2.29. The van der Waals surface area contributed by atoms with Gasteiger partial charge in [-0.05, 0) is 31.4 Å². The number of nitrogens with one attached hydrogen (secondary N) is 1. The lowest BCUT2D eigenvalue weighted by atomic mass is 9.79. The van der Waals surface area contributed by atoms with Crippen molar-refractivity contribution in [2.24, 2.45) is 11.1 Å². The van der Waals surface area contributed by atoms with Crippen molar-refractivity contribution in [2.75, 3.05) is 31.7 Å². The molecule has 0 radical (unpaired) electrons. The third-order valence-corrected chi connectivity index (χ3v) is 3.89.